The highest BCUT2D eigenvalue weighted by atomic mass is 35.5. The number of halogens is 1. The third-order valence-electron chi connectivity index (χ3n) is 5.06. The SMILES string of the molecule is N#C/C(=C\c1cn(-c2ccccc2)nc1-c1ccc(Cl)cc1)C(=O)NCC1CCCO1. The fraction of sp³-hybridized carbons (Fsp3) is 0.208. The van der Waals surface area contributed by atoms with E-state index in [9.17, 15) is 10.1 Å². The number of rotatable bonds is 6. The Hall–Kier alpha value is -3.40. The van der Waals surface area contributed by atoms with Gasteiger partial charge in [-0.05, 0) is 43.2 Å². The second kappa shape index (κ2) is 9.61. The Balaban J connectivity index is 1.67. The highest BCUT2D eigenvalue weighted by Crippen LogP contribution is 2.27. The molecule has 1 aromatic heterocycles. The predicted molar refractivity (Wildman–Crippen MR) is 120 cm³/mol. The van der Waals surface area contributed by atoms with Crippen molar-refractivity contribution >= 4 is 23.6 Å². The van der Waals surface area contributed by atoms with Crippen LogP contribution in [-0.2, 0) is 9.53 Å². The number of nitriles is 1. The second-order valence-electron chi connectivity index (χ2n) is 7.23. The molecule has 7 heteroatoms. The van der Waals surface area contributed by atoms with E-state index >= 15 is 0 Å². The van der Waals surface area contributed by atoms with Gasteiger partial charge in [0.1, 0.15) is 11.6 Å². The zero-order chi connectivity index (χ0) is 21.6. The molecule has 31 heavy (non-hydrogen) atoms. The van der Waals surface area contributed by atoms with Gasteiger partial charge in [-0.25, -0.2) is 4.68 Å². The van der Waals surface area contributed by atoms with E-state index in [2.05, 4.69) is 5.32 Å². The summed E-state index contributed by atoms with van der Waals surface area (Å²) < 4.78 is 7.26. The van der Waals surface area contributed by atoms with Crippen molar-refractivity contribution in [3.8, 4) is 23.0 Å². The Bertz CT molecular complexity index is 1120. The van der Waals surface area contributed by atoms with Crippen LogP contribution in [0.3, 0.4) is 0 Å². The van der Waals surface area contributed by atoms with Crippen LogP contribution in [-0.4, -0.2) is 34.9 Å². The number of benzene rings is 2. The van der Waals surface area contributed by atoms with Crippen molar-refractivity contribution < 1.29 is 9.53 Å². The molecule has 1 N–H and O–H groups in total. The quantitative estimate of drug-likeness (QED) is 0.462. The minimum atomic E-state index is -0.424. The summed E-state index contributed by atoms with van der Waals surface area (Å²) in [6, 6.07) is 19.0. The number of carbonyl (C=O) groups is 1. The summed E-state index contributed by atoms with van der Waals surface area (Å²) in [5.74, 6) is -0.424. The van der Waals surface area contributed by atoms with Crippen LogP contribution < -0.4 is 5.32 Å². The molecule has 156 valence electrons. The van der Waals surface area contributed by atoms with Gasteiger partial charge in [-0.15, -0.1) is 0 Å². The molecule has 0 spiro atoms. The molecular formula is C24H21ClN4O2. The summed E-state index contributed by atoms with van der Waals surface area (Å²) in [7, 11) is 0. The molecule has 2 aromatic carbocycles. The van der Waals surface area contributed by atoms with Crippen LogP contribution in [0.25, 0.3) is 23.0 Å². The number of para-hydroxylation sites is 1. The first-order valence-electron chi connectivity index (χ1n) is 10.1. The van der Waals surface area contributed by atoms with E-state index in [1.54, 1.807) is 22.9 Å². The first kappa shape index (κ1) is 20.9. The van der Waals surface area contributed by atoms with Gasteiger partial charge in [0.05, 0.1) is 17.5 Å². The Labute approximate surface area is 185 Å². The molecule has 0 bridgehead atoms. The van der Waals surface area contributed by atoms with Gasteiger partial charge in [0, 0.05) is 35.5 Å². The number of nitrogens with one attached hydrogen (secondary N) is 1. The van der Waals surface area contributed by atoms with Gasteiger partial charge in [0.15, 0.2) is 0 Å². The molecule has 1 amide bonds. The summed E-state index contributed by atoms with van der Waals surface area (Å²) in [4.78, 5) is 12.6. The molecule has 1 saturated heterocycles. The van der Waals surface area contributed by atoms with Crippen molar-refractivity contribution in [2.75, 3.05) is 13.2 Å². The van der Waals surface area contributed by atoms with E-state index in [-0.39, 0.29) is 11.7 Å². The standard InChI is InChI=1S/C24H21ClN4O2/c25-20-10-8-17(9-11-20)23-19(16-29(28-23)21-5-2-1-3-6-21)13-18(14-26)24(30)27-15-22-7-4-12-31-22/h1-3,5-6,8-11,13,16,22H,4,7,12,15H2,(H,27,30)/b18-13+. The average Bonchev–Trinajstić information content (AvgIpc) is 3.47. The van der Waals surface area contributed by atoms with Gasteiger partial charge in [0.25, 0.3) is 5.91 Å². The third kappa shape index (κ3) is 5.02. The van der Waals surface area contributed by atoms with Crippen molar-refractivity contribution in [2.45, 2.75) is 18.9 Å². The van der Waals surface area contributed by atoms with E-state index < -0.39 is 5.91 Å². The fourth-order valence-corrected chi connectivity index (χ4v) is 3.58. The van der Waals surface area contributed by atoms with Crippen molar-refractivity contribution in [3.63, 3.8) is 0 Å². The lowest BCUT2D eigenvalue weighted by atomic mass is 10.1. The number of hydrogen-bond donors (Lipinski definition) is 1. The lowest BCUT2D eigenvalue weighted by Gasteiger charge is -2.10. The fourth-order valence-electron chi connectivity index (χ4n) is 3.45. The number of amides is 1. The zero-order valence-corrected chi connectivity index (χ0v) is 17.5. The van der Waals surface area contributed by atoms with Crippen LogP contribution in [0.4, 0.5) is 0 Å². The lowest BCUT2D eigenvalue weighted by molar-refractivity contribution is -0.117. The molecule has 1 unspecified atom stereocenters. The smallest absolute Gasteiger partial charge is 0.262 e. The Kier molecular flexibility index (Phi) is 6.46. The molecule has 1 aliphatic rings. The topological polar surface area (TPSA) is 79.9 Å². The Morgan fingerprint density at radius 1 is 1.26 bits per heavy atom. The molecule has 1 fully saturated rings. The van der Waals surface area contributed by atoms with Crippen molar-refractivity contribution in [3.05, 3.63) is 77.0 Å². The molecule has 4 rings (SSSR count). The van der Waals surface area contributed by atoms with E-state index in [0.717, 1.165) is 24.1 Å². The molecule has 1 aliphatic heterocycles. The van der Waals surface area contributed by atoms with Crippen LogP contribution in [0.5, 0.6) is 0 Å². The number of aromatic nitrogens is 2. The van der Waals surface area contributed by atoms with Crippen LogP contribution in [0, 0.1) is 11.3 Å². The first-order valence-corrected chi connectivity index (χ1v) is 10.4. The second-order valence-corrected chi connectivity index (χ2v) is 7.67. The van der Waals surface area contributed by atoms with Crippen LogP contribution in [0.15, 0.2) is 66.4 Å². The first-order chi connectivity index (χ1) is 15.1. The van der Waals surface area contributed by atoms with Crippen molar-refractivity contribution in [2.24, 2.45) is 0 Å². The van der Waals surface area contributed by atoms with E-state index in [0.29, 0.717) is 29.4 Å². The van der Waals surface area contributed by atoms with E-state index in [1.807, 2.05) is 54.7 Å². The maximum absolute atomic E-state index is 12.6. The molecule has 2 heterocycles. The number of hydrogen-bond acceptors (Lipinski definition) is 4. The molecular weight excluding hydrogens is 412 g/mol. The molecule has 1 atom stereocenters. The highest BCUT2D eigenvalue weighted by molar-refractivity contribution is 6.30. The largest absolute Gasteiger partial charge is 0.376 e. The van der Waals surface area contributed by atoms with Gasteiger partial charge >= 0.3 is 0 Å². The van der Waals surface area contributed by atoms with Gasteiger partial charge < -0.3 is 10.1 Å². The van der Waals surface area contributed by atoms with Gasteiger partial charge in [0.2, 0.25) is 0 Å². The normalized spacial score (nSPS) is 16.1. The average molecular weight is 433 g/mol. The van der Waals surface area contributed by atoms with Crippen molar-refractivity contribution in [1.82, 2.24) is 15.1 Å². The van der Waals surface area contributed by atoms with Crippen molar-refractivity contribution in [1.29, 1.82) is 5.26 Å². The minimum absolute atomic E-state index is 0.00866. The number of ether oxygens (including phenoxy) is 1. The monoisotopic (exact) mass is 432 g/mol. The highest BCUT2D eigenvalue weighted by Gasteiger charge is 2.19. The third-order valence-corrected chi connectivity index (χ3v) is 5.31. The molecule has 0 saturated carbocycles. The Morgan fingerprint density at radius 2 is 2.03 bits per heavy atom. The summed E-state index contributed by atoms with van der Waals surface area (Å²) in [5, 5.41) is 17.7. The summed E-state index contributed by atoms with van der Waals surface area (Å²) >= 11 is 6.03. The lowest BCUT2D eigenvalue weighted by Crippen LogP contribution is -2.32. The molecule has 0 radical (unpaired) electrons. The predicted octanol–water partition coefficient (Wildman–Crippen LogP) is 4.39. The summed E-state index contributed by atoms with van der Waals surface area (Å²) in [6.45, 7) is 1.11. The van der Waals surface area contributed by atoms with Crippen LogP contribution in [0.1, 0.15) is 18.4 Å². The minimum Gasteiger partial charge on any atom is -0.376 e. The maximum atomic E-state index is 12.6. The van der Waals surface area contributed by atoms with E-state index in [4.69, 9.17) is 21.4 Å². The molecule has 6 nitrogen and oxygen atoms in total. The summed E-state index contributed by atoms with van der Waals surface area (Å²) in [6.07, 6.45) is 5.29. The summed E-state index contributed by atoms with van der Waals surface area (Å²) in [5.41, 5.74) is 3.04. The zero-order valence-electron chi connectivity index (χ0n) is 16.8. The van der Waals surface area contributed by atoms with E-state index in [1.165, 1.54) is 0 Å². The maximum Gasteiger partial charge on any atom is 0.262 e. The van der Waals surface area contributed by atoms with Gasteiger partial charge in [-0.2, -0.15) is 10.4 Å². The Morgan fingerprint density at radius 3 is 2.71 bits per heavy atom. The van der Waals surface area contributed by atoms with Crippen LogP contribution in [0.2, 0.25) is 5.02 Å². The van der Waals surface area contributed by atoms with Gasteiger partial charge in [-0.1, -0.05) is 41.9 Å². The molecule has 3 aromatic rings. The molecule has 0 aliphatic carbocycles. The van der Waals surface area contributed by atoms with Gasteiger partial charge in [-0.3, -0.25) is 4.79 Å². The number of carbonyl (C=O) groups excluding carboxylic acids is 1. The number of nitrogens with zero attached hydrogens (tertiary/aromatic N) is 3. The van der Waals surface area contributed by atoms with Crippen LogP contribution >= 0.6 is 11.6 Å².